The Balaban J connectivity index is 1.62. The SMILES string of the molecule is Cc1ccsc1-c1nnc(SCC(=O)c2ccc(C(C)C)cc2)o1. The van der Waals surface area contributed by atoms with E-state index in [9.17, 15) is 4.79 Å². The van der Waals surface area contributed by atoms with Gasteiger partial charge in [-0.15, -0.1) is 21.5 Å². The third-order valence-electron chi connectivity index (χ3n) is 3.69. The summed E-state index contributed by atoms with van der Waals surface area (Å²) in [6.07, 6.45) is 0. The molecular weight excluding hydrogens is 340 g/mol. The second kappa shape index (κ2) is 7.32. The predicted octanol–water partition coefficient (Wildman–Crippen LogP) is 5.20. The van der Waals surface area contributed by atoms with Crippen molar-refractivity contribution in [1.29, 1.82) is 0 Å². The van der Waals surface area contributed by atoms with Crippen LogP contribution in [0.15, 0.2) is 45.4 Å². The first kappa shape index (κ1) is 16.9. The molecule has 124 valence electrons. The second-order valence-corrected chi connectivity index (χ2v) is 7.64. The van der Waals surface area contributed by atoms with Crippen molar-refractivity contribution in [3.05, 3.63) is 52.4 Å². The standard InChI is InChI=1S/C18H18N2O2S2/c1-11(2)13-4-6-14(7-5-13)15(21)10-24-18-20-19-17(22-18)16-12(3)8-9-23-16/h4-9,11H,10H2,1-3H3. The lowest BCUT2D eigenvalue weighted by atomic mass is 10.0. The van der Waals surface area contributed by atoms with Crippen LogP contribution >= 0.6 is 23.1 Å². The van der Waals surface area contributed by atoms with Crippen LogP contribution < -0.4 is 0 Å². The van der Waals surface area contributed by atoms with Crippen LogP contribution in [0.3, 0.4) is 0 Å². The largest absolute Gasteiger partial charge is 0.410 e. The van der Waals surface area contributed by atoms with E-state index in [1.54, 1.807) is 11.3 Å². The number of hydrogen-bond donors (Lipinski definition) is 0. The van der Waals surface area contributed by atoms with E-state index in [1.165, 1.54) is 17.3 Å². The molecule has 0 saturated heterocycles. The van der Waals surface area contributed by atoms with Gasteiger partial charge in [0.1, 0.15) is 0 Å². The molecule has 6 heteroatoms. The topological polar surface area (TPSA) is 56.0 Å². The van der Waals surface area contributed by atoms with Gasteiger partial charge < -0.3 is 4.42 Å². The average Bonchev–Trinajstić information content (AvgIpc) is 3.21. The Morgan fingerprint density at radius 2 is 1.96 bits per heavy atom. The predicted molar refractivity (Wildman–Crippen MR) is 97.9 cm³/mol. The van der Waals surface area contributed by atoms with Gasteiger partial charge in [-0.3, -0.25) is 4.79 Å². The molecule has 1 aromatic carbocycles. The van der Waals surface area contributed by atoms with Crippen LogP contribution in [0.4, 0.5) is 0 Å². The maximum absolute atomic E-state index is 12.3. The molecule has 4 nitrogen and oxygen atoms in total. The number of hydrogen-bond acceptors (Lipinski definition) is 6. The number of carbonyl (C=O) groups is 1. The molecule has 2 aromatic heterocycles. The van der Waals surface area contributed by atoms with Gasteiger partial charge in [-0.25, -0.2) is 0 Å². The molecule has 0 saturated carbocycles. The molecular formula is C18H18N2O2S2. The molecule has 0 atom stereocenters. The highest BCUT2D eigenvalue weighted by Crippen LogP contribution is 2.30. The highest BCUT2D eigenvalue weighted by atomic mass is 32.2. The molecule has 0 bridgehead atoms. The molecule has 0 fully saturated rings. The van der Waals surface area contributed by atoms with Crippen LogP contribution in [0, 0.1) is 6.92 Å². The first-order valence-corrected chi connectivity index (χ1v) is 9.55. The summed E-state index contributed by atoms with van der Waals surface area (Å²) in [7, 11) is 0. The van der Waals surface area contributed by atoms with Gasteiger partial charge in [-0.2, -0.15) is 0 Å². The van der Waals surface area contributed by atoms with E-state index in [0.717, 1.165) is 10.4 Å². The summed E-state index contributed by atoms with van der Waals surface area (Å²) < 4.78 is 5.64. The number of rotatable bonds is 6. The molecule has 0 unspecified atom stereocenters. The Morgan fingerprint density at radius 1 is 1.21 bits per heavy atom. The van der Waals surface area contributed by atoms with Crippen LogP contribution in [0.25, 0.3) is 10.8 Å². The lowest BCUT2D eigenvalue weighted by Gasteiger charge is -2.05. The number of nitrogens with zero attached hydrogens (tertiary/aromatic N) is 2. The number of Topliss-reactive ketones (excluding diaryl/α,β-unsaturated/α-hetero) is 1. The van der Waals surface area contributed by atoms with Gasteiger partial charge in [0.25, 0.3) is 11.1 Å². The van der Waals surface area contributed by atoms with Crippen LogP contribution in [0.5, 0.6) is 0 Å². The third kappa shape index (κ3) is 3.76. The number of ketones is 1. The molecule has 3 aromatic rings. The molecule has 3 rings (SSSR count). The van der Waals surface area contributed by atoms with E-state index < -0.39 is 0 Å². The van der Waals surface area contributed by atoms with Crippen molar-refractivity contribution in [1.82, 2.24) is 10.2 Å². The summed E-state index contributed by atoms with van der Waals surface area (Å²) in [5.41, 5.74) is 3.05. The van der Waals surface area contributed by atoms with E-state index in [-0.39, 0.29) is 11.5 Å². The second-order valence-electron chi connectivity index (χ2n) is 5.79. The summed E-state index contributed by atoms with van der Waals surface area (Å²) >= 11 is 2.84. The molecule has 0 amide bonds. The Bertz CT molecular complexity index is 835. The molecule has 24 heavy (non-hydrogen) atoms. The lowest BCUT2D eigenvalue weighted by molar-refractivity contribution is 0.102. The zero-order valence-corrected chi connectivity index (χ0v) is 15.4. The van der Waals surface area contributed by atoms with Gasteiger partial charge >= 0.3 is 0 Å². The number of benzene rings is 1. The number of aryl methyl sites for hydroxylation is 1. The van der Waals surface area contributed by atoms with Crippen molar-refractivity contribution in [2.24, 2.45) is 0 Å². The average molecular weight is 358 g/mol. The fraction of sp³-hybridized carbons (Fsp3) is 0.278. The van der Waals surface area contributed by atoms with Crippen LogP contribution in [-0.2, 0) is 0 Å². The zero-order chi connectivity index (χ0) is 17.1. The first-order chi connectivity index (χ1) is 11.5. The fourth-order valence-corrected chi connectivity index (χ4v) is 3.72. The Kier molecular flexibility index (Phi) is 5.16. The number of thiophene rings is 1. The van der Waals surface area contributed by atoms with Crippen LogP contribution in [0.1, 0.15) is 41.3 Å². The summed E-state index contributed by atoms with van der Waals surface area (Å²) in [5.74, 6) is 1.31. The number of aromatic nitrogens is 2. The third-order valence-corrected chi connectivity index (χ3v) is 5.51. The van der Waals surface area contributed by atoms with Gasteiger partial charge in [0, 0.05) is 5.56 Å². The molecule has 0 radical (unpaired) electrons. The molecule has 2 heterocycles. The van der Waals surface area contributed by atoms with Gasteiger partial charge in [-0.05, 0) is 35.4 Å². The van der Waals surface area contributed by atoms with Crippen LogP contribution in [-0.4, -0.2) is 21.7 Å². The lowest BCUT2D eigenvalue weighted by Crippen LogP contribution is -2.02. The Morgan fingerprint density at radius 3 is 2.58 bits per heavy atom. The van der Waals surface area contributed by atoms with Gasteiger partial charge in [0.15, 0.2) is 5.78 Å². The molecule has 0 aliphatic carbocycles. The quantitative estimate of drug-likeness (QED) is 0.447. The van der Waals surface area contributed by atoms with Gasteiger partial charge in [0.2, 0.25) is 0 Å². The van der Waals surface area contributed by atoms with Gasteiger partial charge in [0.05, 0.1) is 10.6 Å². The maximum Gasteiger partial charge on any atom is 0.277 e. The highest BCUT2D eigenvalue weighted by molar-refractivity contribution is 7.99. The number of carbonyl (C=O) groups excluding carboxylic acids is 1. The van der Waals surface area contributed by atoms with E-state index >= 15 is 0 Å². The minimum Gasteiger partial charge on any atom is -0.410 e. The highest BCUT2D eigenvalue weighted by Gasteiger charge is 2.14. The maximum atomic E-state index is 12.3. The van der Waals surface area contributed by atoms with Crippen molar-refractivity contribution in [3.63, 3.8) is 0 Å². The van der Waals surface area contributed by atoms with Crippen molar-refractivity contribution < 1.29 is 9.21 Å². The fourth-order valence-electron chi connectivity index (χ4n) is 2.22. The van der Waals surface area contributed by atoms with E-state index in [1.807, 2.05) is 42.6 Å². The van der Waals surface area contributed by atoms with Crippen molar-refractivity contribution in [2.45, 2.75) is 31.9 Å². The molecule has 0 aliphatic rings. The normalized spacial score (nSPS) is 11.2. The minimum absolute atomic E-state index is 0.0577. The molecule has 0 N–H and O–H groups in total. The first-order valence-electron chi connectivity index (χ1n) is 7.68. The van der Waals surface area contributed by atoms with E-state index in [2.05, 4.69) is 24.0 Å². The minimum atomic E-state index is 0.0577. The van der Waals surface area contributed by atoms with Crippen molar-refractivity contribution in [3.8, 4) is 10.8 Å². The van der Waals surface area contributed by atoms with E-state index in [0.29, 0.717) is 22.6 Å². The van der Waals surface area contributed by atoms with Crippen LogP contribution in [0.2, 0.25) is 0 Å². The van der Waals surface area contributed by atoms with E-state index in [4.69, 9.17) is 4.42 Å². The summed E-state index contributed by atoms with van der Waals surface area (Å²) in [6.45, 7) is 6.28. The van der Waals surface area contributed by atoms with Gasteiger partial charge in [-0.1, -0.05) is 49.9 Å². The monoisotopic (exact) mass is 358 g/mol. The van der Waals surface area contributed by atoms with Crippen molar-refractivity contribution in [2.75, 3.05) is 5.75 Å². The summed E-state index contributed by atoms with van der Waals surface area (Å²) in [6, 6.07) is 9.79. The number of thioether (sulfide) groups is 1. The molecule has 0 spiro atoms. The Labute approximate surface area is 149 Å². The Hall–Kier alpha value is -1.92. The summed E-state index contributed by atoms with van der Waals surface area (Å²) in [4.78, 5) is 13.3. The summed E-state index contributed by atoms with van der Waals surface area (Å²) in [5, 5.41) is 10.5. The zero-order valence-electron chi connectivity index (χ0n) is 13.8. The molecule has 0 aliphatic heterocycles. The van der Waals surface area contributed by atoms with Crippen molar-refractivity contribution >= 4 is 28.9 Å². The smallest absolute Gasteiger partial charge is 0.277 e.